The van der Waals surface area contributed by atoms with Crippen LogP contribution in [0.3, 0.4) is 0 Å². The zero-order valence-electron chi connectivity index (χ0n) is 4.45. The van der Waals surface area contributed by atoms with Crippen molar-refractivity contribution in [2.24, 2.45) is 0 Å². The largest absolute Gasteiger partial charge is 0.285 e. The SMILES string of the molecule is C[C@@H]1CC[C@@H](F)N1. The van der Waals surface area contributed by atoms with Crippen molar-refractivity contribution in [1.82, 2.24) is 5.32 Å². The fraction of sp³-hybridized carbons (Fsp3) is 1.00. The molecule has 0 aromatic heterocycles. The van der Waals surface area contributed by atoms with Gasteiger partial charge in [0.05, 0.1) is 0 Å². The van der Waals surface area contributed by atoms with Crippen molar-refractivity contribution in [3.63, 3.8) is 0 Å². The van der Waals surface area contributed by atoms with Crippen LogP contribution in [0.1, 0.15) is 19.8 Å². The van der Waals surface area contributed by atoms with E-state index in [1.54, 1.807) is 0 Å². The molecule has 0 unspecified atom stereocenters. The van der Waals surface area contributed by atoms with Crippen LogP contribution in [0.5, 0.6) is 0 Å². The molecule has 0 aromatic rings. The normalized spacial score (nSPS) is 42.0. The quantitative estimate of drug-likeness (QED) is 0.452. The maximum Gasteiger partial charge on any atom is 0.151 e. The first-order chi connectivity index (χ1) is 3.29. The van der Waals surface area contributed by atoms with Gasteiger partial charge in [-0.1, -0.05) is 0 Å². The van der Waals surface area contributed by atoms with E-state index in [-0.39, 0.29) is 0 Å². The van der Waals surface area contributed by atoms with Gasteiger partial charge in [0.1, 0.15) is 0 Å². The second kappa shape index (κ2) is 1.78. The van der Waals surface area contributed by atoms with Crippen LogP contribution >= 0.6 is 0 Å². The Labute approximate surface area is 42.9 Å². The molecule has 2 atom stereocenters. The molecule has 1 N–H and O–H groups in total. The monoisotopic (exact) mass is 103 g/mol. The van der Waals surface area contributed by atoms with Crippen molar-refractivity contribution in [1.29, 1.82) is 0 Å². The lowest BCUT2D eigenvalue weighted by Crippen LogP contribution is -2.22. The van der Waals surface area contributed by atoms with Crippen LogP contribution in [-0.4, -0.2) is 12.3 Å². The first-order valence-corrected chi connectivity index (χ1v) is 2.69. The van der Waals surface area contributed by atoms with Gasteiger partial charge < -0.3 is 0 Å². The molecule has 1 saturated heterocycles. The highest BCUT2D eigenvalue weighted by Crippen LogP contribution is 2.11. The molecule has 0 radical (unpaired) electrons. The summed E-state index contributed by atoms with van der Waals surface area (Å²) < 4.78 is 12.1. The van der Waals surface area contributed by atoms with Gasteiger partial charge >= 0.3 is 0 Å². The topological polar surface area (TPSA) is 12.0 Å². The summed E-state index contributed by atoms with van der Waals surface area (Å²) in [5, 5.41) is 2.75. The summed E-state index contributed by atoms with van der Waals surface area (Å²) in [5.74, 6) is 0. The van der Waals surface area contributed by atoms with Gasteiger partial charge in [-0.2, -0.15) is 0 Å². The second-order valence-corrected chi connectivity index (χ2v) is 2.11. The third kappa shape index (κ3) is 1.13. The summed E-state index contributed by atoms with van der Waals surface area (Å²) in [6.07, 6.45) is 0.956. The molecule has 0 saturated carbocycles. The molecule has 0 spiro atoms. The second-order valence-electron chi connectivity index (χ2n) is 2.11. The minimum absolute atomic E-state index is 0.398. The predicted octanol–water partition coefficient (Wildman–Crippen LogP) is 1.05. The molecule has 0 bridgehead atoms. The Morgan fingerprint density at radius 3 is 2.43 bits per heavy atom. The fourth-order valence-electron chi connectivity index (χ4n) is 0.872. The molecule has 1 aliphatic heterocycles. The molecule has 1 nitrogen and oxygen atoms in total. The van der Waals surface area contributed by atoms with Crippen LogP contribution in [0.25, 0.3) is 0 Å². The van der Waals surface area contributed by atoms with E-state index in [1.165, 1.54) is 0 Å². The molecule has 0 amide bonds. The molecule has 42 valence electrons. The molecule has 1 rings (SSSR count). The van der Waals surface area contributed by atoms with Crippen LogP contribution < -0.4 is 5.32 Å². The van der Waals surface area contributed by atoms with E-state index < -0.39 is 6.30 Å². The lowest BCUT2D eigenvalue weighted by molar-refractivity contribution is 0.301. The molecule has 2 heteroatoms. The number of hydrogen-bond acceptors (Lipinski definition) is 1. The van der Waals surface area contributed by atoms with E-state index in [4.69, 9.17) is 0 Å². The van der Waals surface area contributed by atoms with E-state index >= 15 is 0 Å². The standard InChI is InChI=1S/C5H10FN/c1-4-2-3-5(6)7-4/h4-5,7H,2-3H2,1H3/t4-,5+/m1/s1. The maximum absolute atomic E-state index is 12.1. The Hall–Kier alpha value is -0.110. The van der Waals surface area contributed by atoms with E-state index in [0.29, 0.717) is 12.5 Å². The third-order valence-electron chi connectivity index (χ3n) is 1.32. The molecule has 0 aliphatic carbocycles. The Balaban J connectivity index is 2.26. The number of alkyl halides is 1. The molecule has 0 aromatic carbocycles. The van der Waals surface area contributed by atoms with Gasteiger partial charge in [-0.25, -0.2) is 4.39 Å². The minimum atomic E-state index is -0.727. The average Bonchev–Trinajstić information content (AvgIpc) is 1.87. The molecule has 1 aliphatic rings. The lowest BCUT2D eigenvalue weighted by Gasteiger charge is -1.98. The smallest absolute Gasteiger partial charge is 0.151 e. The van der Waals surface area contributed by atoms with E-state index in [1.807, 2.05) is 6.92 Å². The Bertz CT molecular complexity index is 57.1. The van der Waals surface area contributed by atoms with Crippen molar-refractivity contribution in [3.8, 4) is 0 Å². The number of rotatable bonds is 0. The molecular weight excluding hydrogens is 93.1 g/mol. The molecular formula is C5H10FN. The summed E-state index contributed by atoms with van der Waals surface area (Å²) >= 11 is 0. The molecule has 7 heavy (non-hydrogen) atoms. The molecule has 1 fully saturated rings. The Morgan fingerprint density at radius 1 is 1.57 bits per heavy atom. The van der Waals surface area contributed by atoms with Crippen molar-refractivity contribution in [2.45, 2.75) is 32.1 Å². The minimum Gasteiger partial charge on any atom is -0.285 e. The Kier molecular flexibility index (Phi) is 1.28. The third-order valence-corrected chi connectivity index (χ3v) is 1.32. The van der Waals surface area contributed by atoms with Crippen molar-refractivity contribution < 1.29 is 4.39 Å². The molecule has 1 heterocycles. The number of nitrogens with one attached hydrogen (secondary N) is 1. The number of hydrogen-bond donors (Lipinski definition) is 1. The van der Waals surface area contributed by atoms with Crippen molar-refractivity contribution in [2.75, 3.05) is 0 Å². The van der Waals surface area contributed by atoms with Gasteiger partial charge in [-0.05, 0) is 19.8 Å². The van der Waals surface area contributed by atoms with Gasteiger partial charge in [0.25, 0.3) is 0 Å². The summed E-state index contributed by atoms with van der Waals surface area (Å²) in [5.41, 5.74) is 0. The highest BCUT2D eigenvalue weighted by atomic mass is 19.1. The van der Waals surface area contributed by atoms with Crippen molar-refractivity contribution in [3.05, 3.63) is 0 Å². The lowest BCUT2D eigenvalue weighted by atomic mass is 10.3. The van der Waals surface area contributed by atoms with Crippen LogP contribution in [0.4, 0.5) is 4.39 Å². The van der Waals surface area contributed by atoms with Gasteiger partial charge in [0, 0.05) is 6.04 Å². The zero-order valence-corrected chi connectivity index (χ0v) is 4.45. The first kappa shape index (κ1) is 5.04. The summed E-state index contributed by atoms with van der Waals surface area (Å²) in [6, 6.07) is 0.398. The van der Waals surface area contributed by atoms with Crippen LogP contribution in [-0.2, 0) is 0 Å². The van der Waals surface area contributed by atoms with Crippen LogP contribution in [0.2, 0.25) is 0 Å². The Morgan fingerprint density at radius 2 is 2.29 bits per heavy atom. The summed E-state index contributed by atoms with van der Waals surface area (Å²) in [7, 11) is 0. The van der Waals surface area contributed by atoms with E-state index in [0.717, 1.165) is 6.42 Å². The first-order valence-electron chi connectivity index (χ1n) is 2.69. The number of halogens is 1. The van der Waals surface area contributed by atoms with E-state index in [2.05, 4.69) is 5.32 Å². The van der Waals surface area contributed by atoms with Gasteiger partial charge in [-0.15, -0.1) is 0 Å². The van der Waals surface area contributed by atoms with Crippen molar-refractivity contribution >= 4 is 0 Å². The van der Waals surface area contributed by atoms with Gasteiger partial charge in [0.15, 0.2) is 6.30 Å². The maximum atomic E-state index is 12.1. The van der Waals surface area contributed by atoms with E-state index in [9.17, 15) is 4.39 Å². The average molecular weight is 103 g/mol. The van der Waals surface area contributed by atoms with Gasteiger partial charge in [-0.3, -0.25) is 5.32 Å². The van der Waals surface area contributed by atoms with Crippen LogP contribution in [0, 0.1) is 0 Å². The zero-order chi connectivity index (χ0) is 5.28. The summed E-state index contributed by atoms with van der Waals surface area (Å²) in [4.78, 5) is 0. The van der Waals surface area contributed by atoms with Gasteiger partial charge in [0.2, 0.25) is 0 Å². The predicted molar refractivity (Wildman–Crippen MR) is 26.7 cm³/mol. The summed E-state index contributed by atoms with van der Waals surface area (Å²) in [6.45, 7) is 2.00. The highest BCUT2D eigenvalue weighted by Gasteiger charge is 2.17. The highest BCUT2D eigenvalue weighted by molar-refractivity contribution is 4.72. The van der Waals surface area contributed by atoms with Crippen LogP contribution in [0.15, 0.2) is 0 Å². The fourth-order valence-corrected chi connectivity index (χ4v) is 0.872.